The maximum Gasteiger partial charge on any atom is 0.169 e. The molecule has 0 saturated carbocycles. The van der Waals surface area contributed by atoms with Crippen molar-refractivity contribution in [2.45, 2.75) is 12.8 Å². The van der Waals surface area contributed by atoms with Crippen LogP contribution in [0.15, 0.2) is 24.3 Å². The second kappa shape index (κ2) is 4.25. The molecule has 2 aromatic rings. The fourth-order valence-electron chi connectivity index (χ4n) is 2.94. The third kappa shape index (κ3) is 1.75. The Bertz CT molecular complexity index is 598. The van der Waals surface area contributed by atoms with Crippen LogP contribution in [0.1, 0.15) is 22.5 Å². The topological polar surface area (TPSA) is 36.1 Å². The summed E-state index contributed by atoms with van der Waals surface area (Å²) in [5, 5.41) is 1.08. The summed E-state index contributed by atoms with van der Waals surface area (Å²) in [6.07, 6.45) is 1.94. The first kappa shape index (κ1) is 11.5. The summed E-state index contributed by atoms with van der Waals surface area (Å²) >= 11 is 0. The lowest BCUT2D eigenvalue weighted by molar-refractivity contribution is 0.0879. The lowest BCUT2D eigenvalue weighted by Crippen LogP contribution is -2.31. The van der Waals surface area contributed by atoms with Crippen LogP contribution in [0.2, 0.25) is 0 Å². The average Bonchev–Trinajstić information content (AvgIpc) is 2.71. The number of nitrogens with zero attached hydrogens (tertiary/aromatic N) is 1. The first-order valence-corrected chi connectivity index (χ1v) is 6.45. The van der Waals surface area contributed by atoms with Crippen LogP contribution in [0.25, 0.3) is 10.9 Å². The average molecular weight is 242 g/mol. The van der Waals surface area contributed by atoms with E-state index >= 15 is 0 Å². The molecule has 1 unspecified atom stereocenters. The minimum atomic E-state index is 0.145. The van der Waals surface area contributed by atoms with E-state index in [2.05, 4.69) is 9.88 Å². The molecule has 0 radical (unpaired) electrons. The Morgan fingerprint density at radius 2 is 2.11 bits per heavy atom. The van der Waals surface area contributed by atoms with Crippen molar-refractivity contribution in [1.82, 2.24) is 9.88 Å². The Morgan fingerprint density at radius 3 is 2.89 bits per heavy atom. The van der Waals surface area contributed by atoms with Gasteiger partial charge in [-0.3, -0.25) is 4.79 Å². The number of aromatic amines is 1. The van der Waals surface area contributed by atoms with E-state index in [-0.39, 0.29) is 5.92 Å². The van der Waals surface area contributed by atoms with Crippen LogP contribution in [-0.4, -0.2) is 36.3 Å². The normalized spacial score (nSPS) is 19.5. The van der Waals surface area contributed by atoms with E-state index in [0.29, 0.717) is 5.78 Å². The van der Waals surface area contributed by atoms with E-state index in [9.17, 15) is 4.79 Å². The molecule has 3 rings (SSSR count). The summed E-state index contributed by atoms with van der Waals surface area (Å²) in [4.78, 5) is 18.1. The molecule has 0 saturated heterocycles. The van der Waals surface area contributed by atoms with Gasteiger partial charge in [-0.15, -0.1) is 0 Å². The summed E-state index contributed by atoms with van der Waals surface area (Å²) in [5.41, 5.74) is 3.14. The summed E-state index contributed by atoms with van der Waals surface area (Å²) in [7, 11) is 4.05. The van der Waals surface area contributed by atoms with Crippen LogP contribution in [-0.2, 0) is 6.42 Å². The van der Waals surface area contributed by atoms with Gasteiger partial charge in [0, 0.05) is 34.6 Å². The molecule has 94 valence electrons. The number of ketones is 1. The number of fused-ring (bicyclic) bond motifs is 3. The van der Waals surface area contributed by atoms with E-state index in [4.69, 9.17) is 0 Å². The third-order valence-corrected chi connectivity index (χ3v) is 3.73. The van der Waals surface area contributed by atoms with E-state index < -0.39 is 0 Å². The molecular weight excluding hydrogens is 224 g/mol. The monoisotopic (exact) mass is 242 g/mol. The molecule has 0 aliphatic heterocycles. The van der Waals surface area contributed by atoms with Crippen molar-refractivity contribution in [1.29, 1.82) is 0 Å². The Morgan fingerprint density at radius 1 is 1.33 bits per heavy atom. The Balaban J connectivity index is 2.06. The van der Waals surface area contributed by atoms with Crippen LogP contribution < -0.4 is 0 Å². The number of hydrogen-bond acceptors (Lipinski definition) is 2. The minimum Gasteiger partial charge on any atom is -0.358 e. The van der Waals surface area contributed by atoms with E-state index in [1.165, 1.54) is 0 Å². The second-order valence-corrected chi connectivity index (χ2v) is 5.39. The quantitative estimate of drug-likeness (QED) is 0.878. The van der Waals surface area contributed by atoms with Crippen LogP contribution in [0.5, 0.6) is 0 Å². The largest absolute Gasteiger partial charge is 0.358 e. The Hall–Kier alpha value is -1.61. The molecule has 1 aromatic heterocycles. The molecule has 1 atom stereocenters. The summed E-state index contributed by atoms with van der Waals surface area (Å²) in [6, 6.07) is 8.09. The van der Waals surface area contributed by atoms with Gasteiger partial charge in [0.05, 0.1) is 0 Å². The molecule has 18 heavy (non-hydrogen) atoms. The van der Waals surface area contributed by atoms with Gasteiger partial charge in [-0.1, -0.05) is 18.2 Å². The highest BCUT2D eigenvalue weighted by atomic mass is 16.1. The van der Waals surface area contributed by atoms with Crippen molar-refractivity contribution >= 4 is 16.7 Å². The molecule has 1 aliphatic rings. The predicted molar refractivity (Wildman–Crippen MR) is 73.0 cm³/mol. The lowest BCUT2D eigenvalue weighted by atomic mass is 9.85. The van der Waals surface area contributed by atoms with E-state index in [1.54, 1.807) is 0 Å². The Labute approximate surface area is 107 Å². The molecule has 3 heteroatoms. The fraction of sp³-hybridized carbons (Fsp3) is 0.400. The van der Waals surface area contributed by atoms with Gasteiger partial charge in [-0.25, -0.2) is 0 Å². The first-order chi connectivity index (χ1) is 8.66. The molecule has 0 bridgehead atoms. The van der Waals surface area contributed by atoms with Crippen LogP contribution >= 0.6 is 0 Å². The molecule has 1 aromatic carbocycles. The lowest BCUT2D eigenvalue weighted by Gasteiger charge is -2.24. The number of Topliss-reactive ketones (excluding diaryl/α,β-unsaturated/α-hetero) is 1. The van der Waals surface area contributed by atoms with Crippen molar-refractivity contribution in [3.05, 3.63) is 35.5 Å². The third-order valence-electron chi connectivity index (χ3n) is 3.73. The zero-order chi connectivity index (χ0) is 12.7. The predicted octanol–water partition coefficient (Wildman–Crippen LogP) is 2.47. The molecule has 1 aliphatic carbocycles. The number of carbonyl (C=O) groups is 1. The van der Waals surface area contributed by atoms with Gasteiger partial charge < -0.3 is 9.88 Å². The van der Waals surface area contributed by atoms with Crippen molar-refractivity contribution in [3.63, 3.8) is 0 Å². The summed E-state index contributed by atoms with van der Waals surface area (Å²) in [6.45, 7) is 0.845. The number of aryl methyl sites for hydroxylation is 1. The summed E-state index contributed by atoms with van der Waals surface area (Å²) in [5.74, 6) is 0.453. The van der Waals surface area contributed by atoms with Crippen molar-refractivity contribution in [2.75, 3.05) is 20.6 Å². The number of nitrogens with one attached hydrogen (secondary N) is 1. The summed E-state index contributed by atoms with van der Waals surface area (Å²) < 4.78 is 0. The molecular formula is C15H18N2O. The molecule has 0 spiro atoms. The first-order valence-electron chi connectivity index (χ1n) is 6.45. The molecule has 3 nitrogen and oxygen atoms in total. The fourth-order valence-corrected chi connectivity index (χ4v) is 2.94. The SMILES string of the molecule is CN(C)CC1CCc2[nH]c3ccccc3c2C1=O. The van der Waals surface area contributed by atoms with Gasteiger partial charge in [0.15, 0.2) is 5.78 Å². The number of benzene rings is 1. The molecule has 0 amide bonds. The number of H-pyrrole nitrogens is 1. The Kier molecular flexibility index (Phi) is 2.71. The number of para-hydroxylation sites is 1. The molecule has 0 fully saturated rings. The highest BCUT2D eigenvalue weighted by Gasteiger charge is 2.30. The van der Waals surface area contributed by atoms with Crippen LogP contribution in [0, 0.1) is 5.92 Å². The van der Waals surface area contributed by atoms with Crippen molar-refractivity contribution in [2.24, 2.45) is 5.92 Å². The second-order valence-electron chi connectivity index (χ2n) is 5.39. The van der Waals surface area contributed by atoms with Gasteiger partial charge >= 0.3 is 0 Å². The van der Waals surface area contributed by atoms with E-state index in [0.717, 1.165) is 41.5 Å². The van der Waals surface area contributed by atoms with Gasteiger partial charge in [0.25, 0.3) is 0 Å². The standard InChI is InChI=1S/C15H18N2O/c1-17(2)9-10-7-8-13-14(15(10)18)11-5-3-4-6-12(11)16-13/h3-6,10,16H,7-9H2,1-2H3. The zero-order valence-electron chi connectivity index (χ0n) is 10.9. The number of hydrogen-bond donors (Lipinski definition) is 1. The minimum absolute atomic E-state index is 0.145. The number of carbonyl (C=O) groups excluding carboxylic acids is 1. The van der Waals surface area contributed by atoms with Crippen LogP contribution in [0.3, 0.4) is 0 Å². The highest BCUT2D eigenvalue weighted by molar-refractivity contribution is 6.11. The van der Waals surface area contributed by atoms with Crippen molar-refractivity contribution in [3.8, 4) is 0 Å². The van der Waals surface area contributed by atoms with Gasteiger partial charge in [-0.2, -0.15) is 0 Å². The molecule has 1 N–H and O–H groups in total. The smallest absolute Gasteiger partial charge is 0.169 e. The van der Waals surface area contributed by atoms with Gasteiger partial charge in [0.1, 0.15) is 0 Å². The van der Waals surface area contributed by atoms with Gasteiger partial charge in [-0.05, 0) is 33.0 Å². The molecule has 1 heterocycles. The van der Waals surface area contributed by atoms with Crippen molar-refractivity contribution < 1.29 is 4.79 Å². The van der Waals surface area contributed by atoms with Gasteiger partial charge in [0.2, 0.25) is 0 Å². The number of aromatic nitrogens is 1. The van der Waals surface area contributed by atoms with Crippen LogP contribution in [0.4, 0.5) is 0 Å². The van der Waals surface area contributed by atoms with E-state index in [1.807, 2.05) is 38.4 Å². The maximum absolute atomic E-state index is 12.6. The zero-order valence-corrected chi connectivity index (χ0v) is 10.9. The number of rotatable bonds is 2. The highest BCUT2D eigenvalue weighted by Crippen LogP contribution is 2.31. The maximum atomic E-state index is 12.6.